The first-order valence-corrected chi connectivity index (χ1v) is 13.2. The van der Waals surface area contributed by atoms with Crippen LogP contribution in [-0.4, -0.2) is 25.2 Å². The Labute approximate surface area is 198 Å². The van der Waals surface area contributed by atoms with Crippen molar-refractivity contribution in [2.45, 2.75) is 129 Å². The van der Waals surface area contributed by atoms with Crippen molar-refractivity contribution in [2.24, 2.45) is 0 Å². The van der Waals surface area contributed by atoms with E-state index in [2.05, 4.69) is 13.2 Å². The van der Waals surface area contributed by atoms with Gasteiger partial charge < -0.3 is 9.47 Å². The van der Waals surface area contributed by atoms with Gasteiger partial charge in [0.15, 0.2) is 0 Å². The van der Waals surface area contributed by atoms with Gasteiger partial charge >= 0.3 is 11.9 Å². The molecule has 0 N–H and O–H groups in total. The maximum atomic E-state index is 11.2. The van der Waals surface area contributed by atoms with Crippen molar-refractivity contribution in [3.8, 4) is 0 Å². The number of hydrogen-bond donors (Lipinski definition) is 0. The summed E-state index contributed by atoms with van der Waals surface area (Å²) in [4.78, 5) is 22.1. The molecule has 0 unspecified atom stereocenters. The lowest BCUT2D eigenvalue weighted by Gasteiger charge is -2.05. The molecule has 0 aliphatic heterocycles. The monoisotopic (exact) mass is 450 g/mol. The summed E-state index contributed by atoms with van der Waals surface area (Å²) >= 11 is 0. The van der Waals surface area contributed by atoms with Gasteiger partial charge in [0.25, 0.3) is 0 Å². The van der Waals surface area contributed by atoms with E-state index in [1.807, 2.05) is 0 Å². The van der Waals surface area contributed by atoms with Crippen molar-refractivity contribution < 1.29 is 19.1 Å². The zero-order chi connectivity index (χ0) is 23.7. The molecule has 0 amide bonds. The van der Waals surface area contributed by atoms with Gasteiger partial charge in [-0.15, -0.1) is 0 Å². The van der Waals surface area contributed by atoms with Gasteiger partial charge in [-0.25, -0.2) is 9.59 Å². The number of unbranched alkanes of at least 4 members (excludes halogenated alkanes) is 18. The molecule has 0 rings (SSSR count). The predicted octanol–water partition coefficient (Wildman–Crippen LogP) is 8.25. The first-order chi connectivity index (χ1) is 15.6. The summed E-state index contributed by atoms with van der Waals surface area (Å²) in [7, 11) is 0. The summed E-state index contributed by atoms with van der Waals surface area (Å²) in [6, 6.07) is 0. The molecule has 32 heavy (non-hydrogen) atoms. The highest BCUT2D eigenvalue weighted by Crippen LogP contribution is 2.14. The highest BCUT2D eigenvalue weighted by molar-refractivity contribution is 5.86. The van der Waals surface area contributed by atoms with Crippen molar-refractivity contribution in [1.82, 2.24) is 0 Å². The topological polar surface area (TPSA) is 52.6 Å². The molecule has 0 bridgehead atoms. The molecule has 4 nitrogen and oxygen atoms in total. The highest BCUT2D eigenvalue weighted by Gasteiger charge is 2.01. The fourth-order valence-electron chi connectivity index (χ4n) is 3.73. The number of rotatable bonds is 24. The average molecular weight is 451 g/mol. The van der Waals surface area contributed by atoms with Crippen LogP contribution in [0.3, 0.4) is 0 Å². The SMILES string of the molecule is C=CC(=O)OCCCCCCCCCCCCCCCCCCCCCOC(=O)C(=C)C. The molecule has 0 saturated carbocycles. The summed E-state index contributed by atoms with van der Waals surface area (Å²) in [5, 5.41) is 0. The standard InChI is InChI=1S/C28H50O4/c1-4-27(29)31-24-22-20-18-16-14-12-10-8-6-5-7-9-11-13-15-17-19-21-23-25-32-28(30)26(2)3/h4H,1-2,5-25H2,3H3. The highest BCUT2D eigenvalue weighted by atomic mass is 16.5. The third kappa shape index (κ3) is 23.1. The van der Waals surface area contributed by atoms with Gasteiger partial charge in [-0.2, -0.15) is 0 Å². The number of esters is 2. The molecule has 0 fully saturated rings. The molecule has 186 valence electrons. The molecule has 0 saturated heterocycles. The lowest BCUT2D eigenvalue weighted by atomic mass is 10.0. The molecule has 0 radical (unpaired) electrons. The fraction of sp³-hybridized carbons (Fsp3) is 0.786. The van der Waals surface area contributed by atoms with Gasteiger partial charge in [0.2, 0.25) is 0 Å². The Morgan fingerprint density at radius 1 is 0.562 bits per heavy atom. The third-order valence-electron chi connectivity index (χ3n) is 5.78. The second kappa shape index (κ2) is 24.1. The maximum absolute atomic E-state index is 11.2. The van der Waals surface area contributed by atoms with Crippen molar-refractivity contribution in [3.63, 3.8) is 0 Å². The predicted molar refractivity (Wildman–Crippen MR) is 135 cm³/mol. The minimum Gasteiger partial charge on any atom is -0.463 e. The Morgan fingerprint density at radius 3 is 1.12 bits per heavy atom. The third-order valence-corrected chi connectivity index (χ3v) is 5.78. The largest absolute Gasteiger partial charge is 0.463 e. The van der Waals surface area contributed by atoms with Crippen LogP contribution in [0.1, 0.15) is 129 Å². The zero-order valence-electron chi connectivity index (χ0n) is 21.0. The van der Waals surface area contributed by atoms with Crippen LogP contribution < -0.4 is 0 Å². The van der Waals surface area contributed by atoms with Crippen molar-refractivity contribution in [1.29, 1.82) is 0 Å². The van der Waals surface area contributed by atoms with E-state index in [0.29, 0.717) is 18.8 Å². The minimum atomic E-state index is -0.311. The number of ether oxygens (including phenoxy) is 2. The van der Waals surface area contributed by atoms with Gasteiger partial charge in [-0.05, 0) is 19.8 Å². The average Bonchev–Trinajstić information content (AvgIpc) is 2.79. The second-order valence-corrected chi connectivity index (χ2v) is 9.01. The van der Waals surface area contributed by atoms with Crippen LogP contribution in [0.5, 0.6) is 0 Å². The molecule has 0 aliphatic carbocycles. The summed E-state index contributed by atoms with van der Waals surface area (Å²) in [5.41, 5.74) is 0.482. The smallest absolute Gasteiger partial charge is 0.333 e. The molecule has 0 aromatic heterocycles. The first kappa shape index (κ1) is 30.4. The van der Waals surface area contributed by atoms with Crippen LogP contribution in [0.25, 0.3) is 0 Å². The van der Waals surface area contributed by atoms with Gasteiger partial charge in [-0.3, -0.25) is 0 Å². The zero-order valence-corrected chi connectivity index (χ0v) is 21.0. The molecule has 0 aromatic rings. The van der Waals surface area contributed by atoms with E-state index in [9.17, 15) is 9.59 Å². The van der Waals surface area contributed by atoms with Gasteiger partial charge in [0, 0.05) is 11.6 Å². The maximum Gasteiger partial charge on any atom is 0.333 e. The van der Waals surface area contributed by atoms with Gasteiger partial charge in [0.1, 0.15) is 0 Å². The van der Waals surface area contributed by atoms with Gasteiger partial charge in [0.05, 0.1) is 13.2 Å². The Hall–Kier alpha value is -1.58. The van der Waals surface area contributed by atoms with Crippen LogP contribution in [0.15, 0.2) is 24.8 Å². The van der Waals surface area contributed by atoms with E-state index in [-0.39, 0.29) is 11.9 Å². The normalized spacial score (nSPS) is 10.7. The Balaban J connectivity index is 3.09. The van der Waals surface area contributed by atoms with Crippen molar-refractivity contribution in [2.75, 3.05) is 13.2 Å². The Kier molecular flexibility index (Phi) is 22.9. The second-order valence-electron chi connectivity index (χ2n) is 9.01. The number of hydrogen-bond acceptors (Lipinski definition) is 4. The van der Waals surface area contributed by atoms with Crippen molar-refractivity contribution >= 4 is 11.9 Å². The summed E-state index contributed by atoms with van der Waals surface area (Å²) in [6.07, 6.45) is 25.7. The quantitative estimate of drug-likeness (QED) is 0.0843. The van der Waals surface area contributed by atoms with E-state index in [1.54, 1.807) is 6.92 Å². The lowest BCUT2D eigenvalue weighted by Crippen LogP contribution is -2.05. The van der Waals surface area contributed by atoms with Crippen LogP contribution in [0.4, 0.5) is 0 Å². The van der Waals surface area contributed by atoms with Crippen molar-refractivity contribution in [3.05, 3.63) is 24.8 Å². The molecule has 0 atom stereocenters. The van der Waals surface area contributed by atoms with E-state index in [1.165, 1.54) is 102 Å². The molecule has 0 aromatic carbocycles. The number of carbonyl (C=O) groups is 2. The van der Waals surface area contributed by atoms with Crippen LogP contribution >= 0.6 is 0 Å². The molecule has 0 heterocycles. The van der Waals surface area contributed by atoms with Crippen LogP contribution in [-0.2, 0) is 19.1 Å². The Morgan fingerprint density at radius 2 is 0.844 bits per heavy atom. The minimum absolute atomic E-state index is 0.265. The van der Waals surface area contributed by atoms with E-state index >= 15 is 0 Å². The summed E-state index contributed by atoms with van der Waals surface area (Å²) in [6.45, 7) is 9.71. The number of carbonyl (C=O) groups excluding carboxylic acids is 2. The summed E-state index contributed by atoms with van der Waals surface area (Å²) in [5.74, 6) is -0.576. The van der Waals surface area contributed by atoms with E-state index < -0.39 is 0 Å². The fourth-order valence-corrected chi connectivity index (χ4v) is 3.73. The molecular formula is C28H50O4. The lowest BCUT2D eigenvalue weighted by molar-refractivity contribution is -0.139. The molecule has 4 heteroatoms. The Bertz CT molecular complexity index is 484. The first-order valence-electron chi connectivity index (χ1n) is 13.2. The summed E-state index contributed by atoms with van der Waals surface area (Å²) < 4.78 is 10.1. The van der Waals surface area contributed by atoms with E-state index in [4.69, 9.17) is 9.47 Å². The molecule has 0 spiro atoms. The molecular weight excluding hydrogens is 400 g/mol. The van der Waals surface area contributed by atoms with Crippen LogP contribution in [0, 0.1) is 0 Å². The van der Waals surface area contributed by atoms with Crippen LogP contribution in [0.2, 0.25) is 0 Å². The molecule has 0 aliphatic rings. The van der Waals surface area contributed by atoms with E-state index in [0.717, 1.165) is 25.7 Å². The van der Waals surface area contributed by atoms with Gasteiger partial charge in [-0.1, -0.05) is 122 Å².